The number of hydrogen-bond acceptors (Lipinski definition) is 3. The molecule has 0 bridgehead atoms. The number of rotatable bonds is 2. The number of aliphatic carboxylic acids is 1. The number of piperidine rings is 1. The Morgan fingerprint density at radius 3 is 2.37 bits per heavy atom. The molecule has 1 amide bonds. The zero-order valence-electron chi connectivity index (χ0n) is 11.8. The second-order valence-corrected chi connectivity index (χ2v) is 6.48. The maximum atomic E-state index is 12.5. The summed E-state index contributed by atoms with van der Waals surface area (Å²) in [6.07, 6.45) is 5.74. The normalized spacial score (nSPS) is 31.7. The van der Waals surface area contributed by atoms with Crippen molar-refractivity contribution in [2.24, 2.45) is 11.7 Å². The van der Waals surface area contributed by atoms with Gasteiger partial charge in [-0.25, -0.2) is 4.79 Å². The molecule has 2 aliphatic rings. The van der Waals surface area contributed by atoms with E-state index in [9.17, 15) is 14.7 Å². The Kier molecular flexibility index (Phi) is 3.85. The lowest BCUT2D eigenvalue weighted by Crippen LogP contribution is -2.63. The van der Waals surface area contributed by atoms with Crippen molar-refractivity contribution < 1.29 is 14.7 Å². The van der Waals surface area contributed by atoms with Crippen LogP contribution in [0.25, 0.3) is 0 Å². The van der Waals surface area contributed by atoms with Gasteiger partial charge in [0.15, 0.2) is 0 Å². The molecule has 0 aromatic heterocycles. The number of carbonyl (C=O) groups excluding carboxylic acids is 1. The van der Waals surface area contributed by atoms with Crippen LogP contribution < -0.4 is 5.73 Å². The molecule has 1 aliphatic heterocycles. The molecule has 108 valence electrons. The zero-order chi connectivity index (χ0) is 14.2. The van der Waals surface area contributed by atoms with Crippen molar-refractivity contribution >= 4 is 11.9 Å². The van der Waals surface area contributed by atoms with Crippen molar-refractivity contribution in [3.63, 3.8) is 0 Å². The highest BCUT2D eigenvalue weighted by Crippen LogP contribution is 2.38. The predicted octanol–water partition coefficient (Wildman–Crippen LogP) is 1.36. The average Bonchev–Trinajstić information content (AvgIpc) is 2.35. The fourth-order valence-corrected chi connectivity index (χ4v) is 3.50. The van der Waals surface area contributed by atoms with Crippen LogP contribution in [0.3, 0.4) is 0 Å². The molecular weight excluding hydrogens is 244 g/mol. The monoisotopic (exact) mass is 268 g/mol. The first kappa shape index (κ1) is 14.3. The van der Waals surface area contributed by atoms with Crippen molar-refractivity contribution in [3.05, 3.63) is 0 Å². The van der Waals surface area contributed by atoms with Crippen LogP contribution in [0.2, 0.25) is 0 Å². The fraction of sp³-hybridized carbons (Fsp3) is 0.857. The van der Waals surface area contributed by atoms with Gasteiger partial charge < -0.3 is 15.7 Å². The van der Waals surface area contributed by atoms with Crippen molar-refractivity contribution in [2.75, 3.05) is 0 Å². The van der Waals surface area contributed by atoms with E-state index in [0.717, 1.165) is 25.7 Å². The van der Waals surface area contributed by atoms with Crippen molar-refractivity contribution in [2.45, 2.75) is 70.0 Å². The van der Waals surface area contributed by atoms with Gasteiger partial charge in [-0.15, -0.1) is 0 Å². The van der Waals surface area contributed by atoms with E-state index in [1.54, 1.807) is 18.7 Å². The van der Waals surface area contributed by atoms with Crippen LogP contribution in [0.15, 0.2) is 0 Å². The first-order valence-electron chi connectivity index (χ1n) is 7.17. The Labute approximate surface area is 114 Å². The standard InChI is InChI=1S/C14H24N2O3/c1-14(2,15)13(19)16-10-6-4-3-5-9(10)7-8-11(16)12(17)18/h9-11H,3-8,15H2,1-2H3,(H,17,18). The van der Waals surface area contributed by atoms with Crippen LogP contribution in [-0.4, -0.2) is 39.5 Å². The van der Waals surface area contributed by atoms with Gasteiger partial charge in [0, 0.05) is 6.04 Å². The van der Waals surface area contributed by atoms with E-state index in [4.69, 9.17) is 5.73 Å². The smallest absolute Gasteiger partial charge is 0.326 e. The van der Waals surface area contributed by atoms with Gasteiger partial charge >= 0.3 is 5.97 Å². The van der Waals surface area contributed by atoms with Crippen LogP contribution in [-0.2, 0) is 9.59 Å². The number of nitrogens with zero attached hydrogens (tertiary/aromatic N) is 1. The summed E-state index contributed by atoms with van der Waals surface area (Å²) in [6.45, 7) is 3.31. The summed E-state index contributed by atoms with van der Waals surface area (Å²) in [5.41, 5.74) is 4.90. The van der Waals surface area contributed by atoms with Gasteiger partial charge in [-0.05, 0) is 45.4 Å². The lowest BCUT2D eigenvalue weighted by atomic mass is 9.75. The molecule has 1 saturated carbocycles. The summed E-state index contributed by atoms with van der Waals surface area (Å²) in [6, 6.07) is -0.631. The largest absolute Gasteiger partial charge is 0.480 e. The summed E-state index contributed by atoms with van der Waals surface area (Å²) in [5, 5.41) is 9.38. The van der Waals surface area contributed by atoms with Crippen molar-refractivity contribution in [3.8, 4) is 0 Å². The number of hydrogen-bond donors (Lipinski definition) is 2. The van der Waals surface area contributed by atoms with Gasteiger partial charge in [0.1, 0.15) is 6.04 Å². The molecule has 0 radical (unpaired) electrons. The molecule has 1 heterocycles. The van der Waals surface area contributed by atoms with E-state index in [1.807, 2.05) is 0 Å². The third-order valence-electron chi connectivity index (χ3n) is 4.44. The molecule has 3 atom stereocenters. The maximum Gasteiger partial charge on any atom is 0.326 e. The van der Waals surface area contributed by atoms with Crippen LogP contribution >= 0.6 is 0 Å². The van der Waals surface area contributed by atoms with E-state index >= 15 is 0 Å². The first-order valence-corrected chi connectivity index (χ1v) is 7.17. The molecule has 0 aromatic carbocycles. The summed E-state index contributed by atoms with van der Waals surface area (Å²) >= 11 is 0. The van der Waals surface area contributed by atoms with E-state index in [0.29, 0.717) is 12.3 Å². The Hall–Kier alpha value is -1.10. The quantitative estimate of drug-likeness (QED) is 0.792. The van der Waals surface area contributed by atoms with E-state index < -0.39 is 17.6 Å². The molecule has 1 aliphatic carbocycles. The number of nitrogens with two attached hydrogens (primary N) is 1. The van der Waals surface area contributed by atoms with Crippen molar-refractivity contribution in [1.82, 2.24) is 4.90 Å². The van der Waals surface area contributed by atoms with Gasteiger partial charge in [0.25, 0.3) is 0 Å². The SMILES string of the molecule is CC(C)(N)C(=O)N1C(C(=O)O)CCC2CCCCC21. The number of amides is 1. The lowest BCUT2D eigenvalue weighted by molar-refractivity contribution is -0.160. The van der Waals surface area contributed by atoms with Crippen LogP contribution in [0.5, 0.6) is 0 Å². The molecule has 5 heteroatoms. The number of likely N-dealkylation sites (tertiary alicyclic amines) is 1. The first-order chi connectivity index (χ1) is 8.82. The van der Waals surface area contributed by atoms with Gasteiger partial charge in [0.05, 0.1) is 5.54 Å². The van der Waals surface area contributed by atoms with Crippen molar-refractivity contribution in [1.29, 1.82) is 0 Å². The Balaban J connectivity index is 2.29. The lowest BCUT2D eigenvalue weighted by Gasteiger charge is -2.48. The van der Waals surface area contributed by atoms with Gasteiger partial charge in [-0.2, -0.15) is 0 Å². The van der Waals surface area contributed by atoms with E-state index in [-0.39, 0.29) is 11.9 Å². The Morgan fingerprint density at radius 2 is 1.79 bits per heavy atom. The number of fused-ring (bicyclic) bond motifs is 1. The highest BCUT2D eigenvalue weighted by molar-refractivity contribution is 5.90. The third-order valence-corrected chi connectivity index (χ3v) is 4.44. The van der Waals surface area contributed by atoms with E-state index in [1.165, 1.54) is 6.42 Å². The summed E-state index contributed by atoms with van der Waals surface area (Å²) in [5.74, 6) is -0.672. The van der Waals surface area contributed by atoms with Crippen LogP contribution in [0.4, 0.5) is 0 Å². The summed E-state index contributed by atoms with van der Waals surface area (Å²) < 4.78 is 0. The van der Waals surface area contributed by atoms with Crippen LogP contribution in [0, 0.1) is 5.92 Å². The molecule has 2 fully saturated rings. The van der Waals surface area contributed by atoms with E-state index in [2.05, 4.69) is 0 Å². The fourth-order valence-electron chi connectivity index (χ4n) is 3.50. The number of carboxylic acid groups (broad SMARTS) is 1. The highest BCUT2D eigenvalue weighted by atomic mass is 16.4. The molecule has 3 N–H and O–H groups in total. The maximum absolute atomic E-state index is 12.5. The molecule has 3 unspecified atom stereocenters. The van der Waals surface area contributed by atoms with Crippen LogP contribution in [0.1, 0.15) is 52.4 Å². The second-order valence-electron chi connectivity index (χ2n) is 6.48. The minimum Gasteiger partial charge on any atom is -0.480 e. The Morgan fingerprint density at radius 1 is 1.16 bits per heavy atom. The minimum atomic E-state index is -1.01. The zero-order valence-corrected chi connectivity index (χ0v) is 11.8. The van der Waals surface area contributed by atoms with Gasteiger partial charge in [-0.1, -0.05) is 12.8 Å². The average molecular weight is 268 g/mol. The third kappa shape index (κ3) is 2.76. The summed E-state index contributed by atoms with van der Waals surface area (Å²) in [7, 11) is 0. The number of carbonyl (C=O) groups is 2. The molecule has 0 aromatic rings. The molecule has 2 rings (SSSR count). The molecule has 0 spiro atoms. The minimum absolute atomic E-state index is 0.0684. The van der Waals surface area contributed by atoms with Gasteiger partial charge in [0.2, 0.25) is 5.91 Å². The summed E-state index contributed by atoms with van der Waals surface area (Å²) in [4.78, 5) is 25.6. The predicted molar refractivity (Wildman–Crippen MR) is 71.5 cm³/mol. The Bertz CT molecular complexity index is 375. The molecule has 5 nitrogen and oxygen atoms in total. The molecule has 1 saturated heterocycles. The second kappa shape index (κ2) is 5.12. The highest BCUT2D eigenvalue weighted by Gasteiger charge is 2.46. The molecule has 19 heavy (non-hydrogen) atoms. The topological polar surface area (TPSA) is 83.6 Å². The number of carboxylic acids is 1. The molecular formula is C14H24N2O3. The van der Waals surface area contributed by atoms with Gasteiger partial charge in [-0.3, -0.25) is 4.79 Å².